The number of hydrogen-bond acceptors (Lipinski definition) is 1. The van der Waals surface area contributed by atoms with Gasteiger partial charge in [0, 0.05) is 19.0 Å². The molecule has 1 aliphatic rings. The molecule has 1 amide bonds. The van der Waals surface area contributed by atoms with Gasteiger partial charge in [0.25, 0.3) is 0 Å². The predicted molar refractivity (Wildman–Crippen MR) is 98.8 cm³/mol. The molecule has 0 atom stereocenters. The fourth-order valence-corrected chi connectivity index (χ4v) is 3.06. The molecule has 25 heavy (non-hydrogen) atoms. The molecular formula is C22H26FNO. The lowest BCUT2D eigenvalue weighted by Crippen LogP contribution is -2.32. The molecular weight excluding hydrogens is 313 g/mol. The Kier molecular flexibility index (Phi) is 5.52. The van der Waals surface area contributed by atoms with Crippen LogP contribution in [0.3, 0.4) is 0 Å². The highest BCUT2D eigenvalue weighted by Crippen LogP contribution is 2.29. The van der Waals surface area contributed by atoms with Gasteiger partial charge < -0.3 is 4.90 Å². The minimum absolute atomic E-state index is 0.194. The smallest absolute Gasteiger partial charge is 0.223 e. The minimum Gasteiger partial charge on any atom is -0.335 e. The Balaban J connectivity index is 1.60. The molecule has 3 rings (SSSR count). The molecule has 0 radical (unpaired) electrons. The molecule has 2 nitrogen and oxygen atoms in total. The van der Waals surface area contributed by atoms with Gasteiger partial charge >= 0.3 is 0 Å². The summed E-state index contributed by atoms with van der Waals surface area (Å²) >= 11 is 0. The average molecular weight is 339 g/mol. The molecule has 2 aromatic carbocycles. The maximum Gasteiger partial charge on any atom is 0.223 e. The third kappa shape index (κ3) is 4.91. The van der Waals surface area contributed by atoms with Crippen LogP contribution in [0.2, 0.25) is 0 Å². The monoisotopic (exact) mass is 339 g/mol. The summed E-state index contributed by atoms with van der Waals surface area (Å²) < 4.78 is 13.0. The quantitative estimate of drug-likeness (QED) is 0.689. The molecule has 3 heteroatoms. The normalized spacial score (nSPS) is 13.9. The lowest BCUT2D eigenvalue weighted by atomic mass is 10.0. The number of aryl methyl sites for hydroxylation is 1. The Hall–Kier alpha value is -2.16. The number of benzene rings is 2. The van der Waals surface area contributed by atoms with Crippen LogP contribution in [0.5, 0.6) is 0 Å². The number of hydrogen-bond donors (Lipinski definition) is 0. The lowest BCUT2D eigenvalue weighted by Gasteiger charge is -2.23. The summed E-state index contributed by atoms with van der Waals surface area (Å²) in [6.07, 6.45) is 3.35. The molecule has 1 saturated carbocycles. The average Bonchev–Trinajstić information content (AvgIpc) is 3.44. The van der Waals surface area contributed by atoms with Crippen molar-refractivity contribution < 1.29 is 9.18 Å². The van der Waals surface area contributed by atoms with Gasteiger partial charge in [0.15, 0.2) is 0 Å². The fourth-order valence-electron chi connectivity index (χ4n) is 3.06. The fraction of sp³-hybridized carbons (Fsp3) is 0.409. The Bertz CT molecular complexity index is 702. The molecule has 0 saturated heterocycles. The standard InChI is InChI=1S/C22H26FNO/c1-16(2)19-8-3-18(4-9-19)15-24(21-12-13-21)22(25)14-7-17-5-10-20(23)11-6-17/h3-6,8-11,16,21H,7,12-15H2,1-2H3. The summed E-state index contributed by atoms with van der Waals surface area (Å²) in [5, 5.41) is 0. The number of carbonyl (C=O) groups is 1. The van der Waals surface area contributed by atoms with Crippen molar-refractivity contribution in [2.24, 2.45) is 0 Å². The van der Waals surface area contributed by atoms with Crippen molar-refractivity contribution in [2.45, 2.75) is 58.0 Å². The molecule has 0 aromatic heterocycles. The van der Waals surface area contributed by atoms with Crippen LogP contribution >= 0.6 is 0 Å². The second kappa shape index (κ2) is 7.81. The molecule has 132 valence electrons. The molecule has 0 unspecified atom stereocenters. The Morgan fingerprint density at radius 3 is 2.20 bits per heavy atom. The van der Waals surface area contributed by atoms with Crippen molar-refractivity contribution in [3.05, 3.63) is 71.0 Å². The zero-order valence-corrected chi connectivity index (χ0v) is 15.0. The SMILES string of the molecule is CC(C)c1ccc(CN(C(=O)CCc2ccc(F)cc2)C2CC2)cc1. The van der Waals surface area contributed by atoms with Crippen molar-refractivity contribution >= 4 is 5.91 Å². The molecule has 0 heterocycles. The molecule has 1 aliphatic carbocycles. The first-order valence-corrected chi connectivity index (χ1v) is 9.15. The third-order valence-electron chi connectivity index (χ3n) is 4.85. The van der Waals surface area contributed by atoms with Gasteiger partial charge in [-0.1, -0.05) is 50.2 Å². The number of carbonyl (C=O) groups excluding carboxylic acids is 1. The van der Waals surface area contributed by atoms with E-state index in [0.29, 0.717) is 31.3 Å². The lowest BCUT2D eigenvalue weighted by molar-refractivity contribution is -0.132. The van der Waals surface area contributed by atoms with E-state index in [1.165, 1.54) is 23.3 Å². The Morgan fingerprint density at radius 1 is 1.04 bits per heavy atom. The number of rotatable bonds is 7. The van der Waals surface area contributed by atoms with Gasteiger partial charge in [-0.25, -0.2) is 4.39 Å². The summed E-state index contributed by atoms with van der Waals surface area (Å²) in [7, 11) is 0. The van der Waals surface area contributed by atoms with E-state index in [0.717, 1.165) is 18.4 Å². The van der Waals surface area contributed by atoms with E-state index in [1.807, 2.05) is 4.90 Å². The molecule has 0 N–H and O–H groups in total. The van der Waals surface area contributed by atoms with E-state index >= 15 is 0 Å². The minimum atomic E-state index is -0.237. The Labute approximate surface area is 149 Å². The van der Waals surface area contributed by atoms with E-state index in [4.69, 9.17) is 0 Å². The zero-order chi connectivity index (χ0) is 17.8. The summed E-state index contributed by atoms with van der Waals surface area (Å²) in [6, 6.07) is 15.4. The number of amides is 1. The zero-order valence-electron chi connectivity index (χ0n) is 15.0. The maximum atomic E-state index is 13.0. The summed E-state index contributed by atoms with van der Waals surface area (Å²) in [6.45, 7) is 5.06. The van der Waals surface area contributed by atoms with Gasteiger partial charge in [0.05, 0.1) is 0 Å². The second-order valence-electron chi connectivity index (χ2n) is 7.28. The van der Waals surface area contributed by atoms with E-state index in [-0.39, 0.29) is 11.7 Å². The predicted octanol–water partition coefficient (Wildman–Crippen LogP) is 5.07. The van der Waals surface area contributed by atoms with Crippen molar-refractivity contribution in [3.63, 3.8) is 0 Å². The van der Waals surface area contributed by atoms with Crippen molar-refractivity contribution in [2.75, 3.05) is 0 Å². The number of nitrogens with zero attached hydrogens (tertiary/aromatic N) is 1. The highest BCUT2D eigenvalue weighted by Gasteiger charge is 2.32. The van der Waals surface area contributed by atoms with Crippen LogP contribution in [0.25, 0.3) is 0 Å². The highest BCUT2D eigenvalue weighted by atomic mass is 19.1. The molecule has 0 spiro atoms. The van der Waals surface area contributed by atoms with Crippen LogP contribution in [0.4, 0.5) is 4.39 Å². The van der Waals surface area contributed by atoms with Crippen LogP contribution in [0.1, 0.15) is 55.7 Å². The third-order valence-corrected chi connectivity index (χ3v) is 4.85. The molecule has 0 bridgehead atoms. The summed E-state index contributed by atoms with van der Waals surface area (Å²) in [4.78, 5) is 14.7. The largest absolute Gasteiger partial charge is 0.335 e. The van der Waals surface area contributed by atoms with Crippen LogP contribution in [0.15, 0.2) is 48.5 Å². The molecule has 2 aromatic rings. The highest BCUT2D eigenvalue weighted by molar-refractivity contribution is 5.77. The van der Waals surface area contributed by atoms with Gasteiger partial charge in [-0.2, -0.15) is 0 Å². The van der Waals surface area contributed by atoms with Crippen LogP contribution in [-0.2, 0) is 17.8 Å². The van der Waals surface area contributed by atoms with E-state index in [1.54, 1.807) is 12.1 Å². The Morgan fingerprint density at radius 2 is 1.64 bits per heavy atom. The summed E-state index contributed by atoms with van der Waals surface area (Å²) in [5.41, 5.74) is 3.52. The van der Waals surface area contributed by atoms with Crippen molar-refractivity contribution in [1.82, 2.24) is 4.90 Å². The van der Waals surface area contributed by atoms with Gasteiger partial charge in [0.2, 0.25) is 5.91 Å². The van der Waals surface area contributed by atoms with Crippen molar-refractivity contribution in [3.8, 4) is 0 Å². The van der Waals surface area contributed by atoms with Gasteiger partial charge in [-0.15, -0.1) is 0 Å². The van der Waals surface area contributed by atoms with E-state index in [9.17, 15) is 9.18 Å². The van der Waals surface area contributed by atoms with Gasteiger partial charge in [-0.05, 0) is 54.0 Å². The van der Waals surface area contributed by atoms with Crippen LogP contribution in [-0.4, -0.2) is 16.8 Å². The number of halogens is 1. The van der Waals surface area contributed by atoms with Crippen LogP contribution in [0, 0.1) is 5.82 Å². The second-order valence-corrected chi connectivity index (χ2v) is 7.28. The first-order chi connectivity index (χ1) is 12.0. The van der Waals surface area contributed by atoms with Gasteiger partial charge in [0.1, 0.15) is 5.82 Å². The van der Waals surface area contributed by atoms with Gasteiger partial charge in [-0.3, -0.25) is 4.79 Å². The first-order valence-electron chi connectivity index (χ1n) is 9.15. The summed E-state index contributed by atoms with van der Waals surface area (Å²) in [5.74, 6) is 0.477. The van der Waals surface area contributed by atoms with E-state index in [2.05, 4.69) is 38.1 Å². The topological polar surface area (TPSA) is 20.3 Å². The first kappa shape index (κ1) is 17.7. The van der Waals surface area contributed by atoms with Crippen LogP contribution < -0.4 is 0 Å². The van der Waals surface area contributed by atoms with Crippen molar-refractivity contribution in [1.29, 1.82) is 0 Å². The molecule has 0 aliphatic heterocycles. The van der Waals surface area contributed by atoms with E-state index < -0.39 is 0 Å². The maximum absolute atomic E-state index is 13.0. The molecule has 1 fully saturated rings.